The Bertz CT molecular complexity index is 681. The molecule has 1 fully saturated rings. The maximum atomic E-state index is 12.2. The summed E-state index contributed by atoms with van der Waals surface area (Å²) in [6, 6.07) is 16.3. The number of carbonyl (C=O) groups is 1. The van der Waals surface area contributed by atoms with Crippen LogP contribution in [0.1, 0.15) is 12.0 Å². The smallest absolute Gasteiger partial charge is 0.321 e. The predicted molar refractivity (Wildman–Crippen MR) is 94.4 cm³/mol. The van der Waals surface area contributed by atoms with Crippen LogP contribution in [0.5, 0.6) is 0 Å². The number of anilines is 1. The summed E-state index contributed by atoms with van der Waals surface area (Å²) >= 11 is 0. The number of carbonyl (C=O) groups excluding carboxylic acids is 1. The fourth-order valence-electron chi connectivity index (χ4n) is 2.98. The number of nitrogens with zero attached hydrogens (tertiary/aromatic N) is 1. The maximum Gasteiger partial charge on any atom is 0.321 e. The first-order valence-corrected chi connectivity index (χ1v) is 8.09. The molecule has 120 valence electrons. The fraction of sp³-hybridized carbons (Fsp3) is 0.316. The molecule has 1 aliphatic rings. The lowest BCUT2D eigenvalue weighted by atomic mass is 10.0. The van der Waals surface area contributed by atoms with Crippen LogP contribution in [-0.2, 0) is 0 Å². The van der Waals surface area contributed by atoms with Crippen molar-refractivity contribution >= 4 is 11.7 Å². The molecule has 1 heterocycles. The lowest BCUT2D eigenvalue weighted by molar-refractivity contribution is 0.221. The van der Waals surface area contributed by atoms with E-state index in [1.54, 1.807) is 0 Å². The van der Waals surface area contributed by atoms with Crippen LogP contribution in [0, 0.1) is 12.8 Å². The maximum absolute atomic E-state index is 12.2. The van der Waals surface area contributed by atoms with E-state index in [9.17, 15) is 4.79 Å². The lowest BCUT2D eigenvalue weighted by Gasteiger charge is -2.17. The van der Waals surface area contributed by atoms with E-state index in [-0.39, 0.29) is 6.03 Å². The third-order valence-electron chi connectivity index (χ3n) is 4.39. The highest BCUT2D eigenvalue weighted by molar-refractivity contribution is 5.89. The highest BCUT2D eigenvalue weighted by Gasteiger charge is 2.25. The van der Waals surface area contributed by atoms with E-state index in [2.05, 4.69) is 36.5 Å². The average Bonchev–Trinajstić information content (AvgIpc) is 3.05. The molecule has 2 aromatic rings. The first-order valence-electron chi connectivity index (χ1n) is 8.09. The lowest BCUT2D eigenvalue weighted by Crippen LogP contribution is -2.33. The molecule has 2 aromatic carbocycles. The molecular weight excluding hydrogens is 286 g/mol. The zero-order valence-corrected chi connectivity index (χ0v) is 13.5. The number of nitrogens with one attached hydrogen (secondary N) is 1. The Morgan fingerprint density at radius 2 is 2.00 bits per heavy atom. The van der Waals surface area contributed by atoms with Crippen LogP contribution in [-0.4, -0.2) is 30.6 Å². The molecule has 0 aromatic heterocycles. The summed E-state index contributed by atoms with van der Waals surface area (Å²) in [5, 5.41) is 2.96. The van der Waals surface area contributed by atoms with E-state index in [0.717, 1.165) is 30.8 Å². The van der Waals surface area contributed by atoms with E-state index in [1.807, 2.05) is 29.2 Å². The van der Waals surface area contributed by atoms with Crippen LogP contribution in [0.3, 0.4) is 0 Å². The molecule has 0 bridgehead atoms. The number of urea groups is 1. The highest BCUT2D eigenvalue weighted by Crippen LogP contribution is 2.23. The van der Waals surface area contributed by atoms with Crippen molar-refractivity contribution in [3.8, 4) is 11.1 Å². The molecule has 1 atom stereocenters. The zero-order chi connectivity index (χ0) is 16.2. The van der Waals surface area contributed by atoms with Gasteiger partial charge in [-0.2, -0.15) is 0 Å². The topological polar surface area (TPSA) is 58.4 Å². The number of hydrogen-bond donors (Lipinski definition) is 2. The molecule has 0 spiro atoms. The van der Waals surface area contributed by atoms with Gasteiger partial charge in [-0.3, -0.25) is 0 Å². The van der Waals surface area contributed by atoms with Crippen molar-refractivity contribution in [2.75, 3.05) is 25.0 Å². The van der Waals surface area contributed by atoms with Gasteiger partial charge in [0.1, 0.15) is 0 Å². The van der Waals surface area contributed by atoms with Gasteiger partial charge in [-0.05, 0) is 49.1 Å². The number of amides is 2. The minimum absolute atomic E-state index is 0.0377. The van der Waals surface area contributed by atoms with Crippen molar-refractivity contribution in [1.82, 2.24) is 4.90 Å². The summed E-state index contributed by atoms with van der Waals surface area (Å²) < 4.78 is 0. The first-order chi connectivity index (χ1) is 11.2. The Morgan fingerprint density at radius 3 is 2.65 bits per heavy atom. The van der Waals surface area contributed by atoms with Gasteiger partial charge in [-0.15, -0.1) is 0 Å². The molecule has 2 amide bonds. The van der Waals surface area contributed by atoms with Crippen LogP contribution in [0.2, 0.25) is 0 Å². The molecule has 0 saturated carbocycles. The second-order valence-electron chi connectivity index (χ2n) is 6.21. The molecule has 1 unspecified atom stereocenters. The Kier molecular flexibility index (Phi) is 4.63. The van der Waals surface area contributed by atoms with Gasteiger partial charge in [-0.25, -0.2) is 4.79 Å². The van der Waals surface area contributed by atoms with E-state index in [0.29, 0.717) is 12.5 Å². The van der Waals surface area contributed by atoms with E-state index >= 15 is 0 Å². The van der Waals surface area contributed by atoms with Crippen LogP contribution < -0.4 is 11.1 Å². The zero-order valence-electron chi connectivity index (χ0n) is 13.5. The molecule has 3 rings (SSSR count). The largest absolute Gasteiger partial charge is 0.330 e. The van der Waals surface area contributed by atoms with Crippen molar-refractivity contribution in [1.29, 1.82) is 0 Å². The van der Waals surface area contributed by atoms with Crippen molar-refractivity contribution in [3.63, 3.8) is 0 Å². The van der Waals surface area contributed by atoms with Gasteiger partial charge in [0.25, 0.3) is 0 Å². The molecule has 1 saturated heterocycles. The Hall–Kier alpha value is -2.33. The van der Waals surface area contributed by atoms with Crippen LogP contribution in [0.25, 0.3) is 11.1 Å². The summed E-state index contributed by atoms with van der Waals surface area (Å²) in [5.41, 5.74) is 10.1. The molecule has 3 N–H and O–H groups in total. The van der Waals surface area contributed by atoms with Crippen molar-refractivity contribution in [3.05, 3.63) is 54.1 Å². The van der Waals surface area contributed by atoms with Gasteiger partial charge in [0.2, 0.25) is 0 Å². The number of benzene rings is 2. The monoisotopic (exact) mass is 309 g/mol. The molecule has 1 aliphatic heterocycles. The van der Waals surface area contributed by atoms with E-state index < -0.39 is 0 Å². The van der Waals surface area contributed by atoms with Crippen molar-refractivity contribution in [2.45, 2.75) is 13.3 Å². The van der Waals surface area contributed by atoms with Gasteiger partial charge in [0.15, 0.2) is 0 Å². The summed E-state index contributed by atoms with van der Waals surface area (Å²) in [6.07, 6.45) is 0.996. The van der Waals surface area contributed by atoms with Crippen molar-refractivity contribution < 1.29 is 4.79 Å². The van der Waals surface area contributed by atoms with Gasteiger partial charge >= 0.3 is 6.03 Å². The first kappa shape index (κ1) is 15.6. The summed E-state index contributed by atoms with van der Waals surface area (Å²) in [7, 11) is 0. The number of nitrogens with two attached hydrogens (primary N) is 1. The molecule has 0 radical (unpaired) electrons. The van der Waals surface area contributed by atoms with E-state index in [1.165, 1.54) is 11.1 Å². The Labute approximate surface area is 137 Å². The Balaban J connectivity index is 1.65. The molecule has 4 heteroatoms. The minimum Gasteiger partial charge on any atom is -0.330 e. The number of hydrogen-bond acceptors (Lipinski definition) is 2. The summed E-state index contributed by atoms with van der Waals surface area (Å²) in [6.45, 7) is 4.27. The fourth-order valence-corrected chi connectivity index (χ4v) is 2.98. The SMILES string of the molecule is Cc1cccc(-c2ccc(NC(=O)N3CCC(CN)C3)cc2)c1. The average molecular weight is 309 g/mol. The summed E-state index contributed by atoms with van der Waals surface area (Å²) in [5.74, 6) is 0.435. The number of rotatable bonds is 3. The van der Waals surface area contributed by atoms with Gasteiger partial charge in [0.05, 0.1) is 0 Å². The summed E-state index contributed by atoms with van der Waals surface area (Å²) in [4.78, 5) is 14.1. The molecule has 23 heavy (non-hydrogen) atoms. The predicted octanol–water partition coefficient (Wildman–Crippen LogP) is 3.47. The van der Waals surface area contributed by atoms with Crippen LogP contribution >= 0.6 is 0 Å². The third-order valence-corrected chi connectivity index (χ3v) is 4.39. The molecular formula is C19H23N3O. The second-order valence-corrected chi connectivity index (χ2v) is 6.21. The van der Waals surface area contributed by atoms with Crippen LogP contribution in [0.15, 0.2) is 48.5 Å². The third kappa shape index (κ3) is 3.71. The van der Waals surface area contributed by atoms with Crippen LogP contribution in [0.4, 0.5) is 10.5 Å². The second kappa shape index (κ2) is 6.84. The molecule has 4 nitrogen and oxygen atoms in total. The van der Waals surface area contributed by atoms with Gasteiger partial charge in [0, 0.05) is 18.8 Å². The molecule has 0 aliphatic carbocycles. The van der Waals surface area contributed by atoms with E-state index in [4.69, 9.17) is 5.73 Å². The normalized spacial score (nSPS) is 17.3. The van der Waals surface area contributed by atoms with Crippen molar-refractivity contribution in [2.24, 2.45) is 11.7 Å². The highest BCUT2D eigenvalue weighted by atomic mass is 16.2. The van der Waals surface area contributed by atoms with Gasteiger partial charge < -0.3 is 16.0 Å². The minimum atomic E-state index is -0.0377. The quantitative estimate of drug-likeness (QED) is 0.912. The van der Waals surface area contributed by atoms with Gasteiger partial charge in [-0.1, -0.05) is 42.0 Å². The Morgan fingerprint density at radius 1 is 1.22 bits per heavy atom. The number of likely N-dealkylation sites (tertiary alicyclic amines) is 1. The number of aryl methyl sites for hydroxylation is 1. The standard InChI is InChI=1S/C19H23N3O/c1-14-3-2-4-17(11-14)16-5-7-18(8-6-16)21-19(23)22-10-9-15(12-20)13-22/h2-8,11,15H,9-10,12-13,20H2,1H3,(H,21,23).